The van der Waals surface area contributed by atoms with E-state index in [-0.39, 0.29) is 22.8 Å². The molecule has 7 fully saturated rings. The number of methoxy groups -OCH3 is 1. The average molecular weight is 490 g/mol. The van der Waals surface area contributed by atoms with E-state index < -0.39 is 5.60 Å². The number of fused-ring (bicyclic) bond motifs is 4. The highest BCUT2D eigenvalue weighted by atomic mass is 16.5. The normalized spacial score (nSPS) is 51.6. The molecule has 7 aliphatic rings. The number of carbonyl (C=O) groups excluding carboxylic acids is 1. The predicted molar refractivity (Wildman–Crippen MR) is 135 cm³/mol. The van der Waals surface area contributed by atoms with Gasteiger partial charge in [0.15, 0.2) is 5.78 Å². The molecule has 1 aromatic carbocycles. The molecule has 9 rings (SSSR count). The molecule has 192 valence electrons. The lowest BCUT2D eigenvalue weighted by Crippen LogP contribution is -2.51. The van der Waals surface area contributed by atoms with Gasteiger partial charge in [0.2, 0.25) is 0 Å². The fourth-order valence-corrected chi connectivity index (χ4v) is 11.8. The first-order valence-corrected chi connectivity index (χ1v) is 14.3. The molecule has 7 saturated carbocycles. The Kier molecular flexibility index (Phi) is 4.01. The molecule has 1 aromatic heterocycles. The lowest BCUT2D eigenvalue weighted by Gasteiger charge is -2.56. The standard InChI is InChI=1S/C30H39N3O3/c1-27(35)11-9-18-16(14-27)5-7-20-19(18)10-12-28(2)24(20)25-26-29(25,3)30(26,28)23(34)15-33-31-21-8-6-17(36-4)13-22(21)32-33/h6,8,13,16,18-20,24-26,35H,5,7,9-12,14-15H2,1-4H3/t16-,18+,19-,20-,24-,25+,26-,27-,28+,29+,30+/m1/s1. The van der Waals surface area contributed by atoms with Gasteiger partial charge in [0.05, 0.1) is 12.7 Å². The molecule has 1 N–H and O–H groups in total. The van der Waals surface area contributed by atoms with Gasteiger partial charge in [0.25, 0.3) is 0 Å². The van der Waals surface area contributed by atoms with Gasteiger partial charge in [0, 0.05) is 11.5 Å². The molecule has 0 radical (unpaired) electrons. The first-order chi connectivity index (χ1) is 17.2. The van der Waals surface area contributed by atoms with Crippen molar-refractivity contribution in [3.05, 3.63) is 18.2 Å². The maximum Gasteiger partial charge on any atom is 0.163 e. The molecule has 0 spiro atoms. The Morgan fingerprint density at radius 2 is 1.78 bits per heavy atom. The van der Waals surface area contributed by atoms with E-state index in [2.05, 4.69) is 24.0 Å². The molecular weight excluding hydrogens is 450 g/mol. The van der Waals surface area contributed by atoms with Gasteiger partial charge in [-0.3, -0.25) is 4.79 Å². The maximum absolute atomic E-state index is 14.2. The van der Waals surface area contributed by atoms with E-state index in [9.17, 15) is 9.90 Å². The Morgan fingerprint density at radius 1 is 1.03 bits per heavy atom. The van der Waals surface area contributed by atoms with E-state index in [4.69, 9.17) is 4.74 Å². The number of ketones is 1. The van der Waals surface area contributed by atoms with Crippen LogP contribution in [-0.4, -0.2) is 38.6 Å². The summed E-state index contributed by atoms with van der Waals surface area (Å²) < 4.78 is 5.34. The zero-order chi connectivity index (χ0) is 24.8. The molecule has 6 nitrogen and oxygen atoms in total. The summed E-state index contributed by atoms with van der Waals surface area (Å²) in [6.45, 7) is 7.26. The molecule has 7 aliphatic carbocycles. The topological polar surface area (TPSA) is 77.2 Å². The number of Topliss-reactive ketones (excluding diaryl/α,β-unsaturated/α-hetero) is 1. The van der Waals surface area contributed by atoms with E-state index in [1.54, 1.807) is 11.9 Å². The lowest BCUT2D eigenvalue weighted by molar-refractivity contribution is -0.137. The van der Waals surface area contributed by atoms with Crippen molar-refractivity contribution >= 4 is 16.8 Å². The zero-order valence-corrected chi connectivity index (χ0v) is 22.0. The van der Waals surface area contributed by atoms with E-state index in [0.29, 0.717) is 23.5 Å². The Hall–Kier alpha value is -1.95. The van der Waals surface area contributed by atoms with Crippen molar-refractivity contribution in [2.45, 2.75) is 77.9 Å². The number of aromatic nitrogens is 3. The summed E-state index contributed by atoms with van der Waals surface area (Å²) in [6, 6.07) is 5.71. The zero-order valence-electron chi connectivity index (χ0n) is 22.0. The number of hydrogen-bond donors (Lipinski definition) is 1. The van der Waals surface area contributed by atoms with Crippen LogP contribution in [0, 0.1) is 57.7 Å². The maximum atomic E-state index is 14.2. The predicted octanol–water partition coefficient (Wildman–Crippen LogP) is 4.88. The monoisotopic (exact) mass is 489 g/mol. The molecule has 0 saturated heterocycles. The fourth-order valence-electron chi connectivity index (χ4n) is 11.8. The van der Waals surface area contributed by atoms with Crippen LogP contribution in [0.5, 0.6) is 5.75 Å². The summed E-state index contributed by atoms with van der Waals surface area (Å²) in [5.74, 6) is 6.25. The second-order valence-electron chi connectivity index (χ2n) is 14.2. The van der Waals surface area contributed by atoms with Crippen LogP contribution in [0.2, 0.25) is 0 Å². The summed E-state index contributed by atoms with van der Waals surface area (Å²) in [4.78, 5) is 15.8. The average Bonchev–Trinajstić information content (AvgIpc) is 3.42. The number of aliphatic hydroxyl groups is 1. The Bertz CT molecular complexity index is 1300. The van der Waals surface area contributed by atoms with Crippen LogP contribution in [0.4, 0.5) is 0 Å². The molecular formula is C30H39N3O3. The number of rotatable bonds is 4. The van der Waals surface area contributed by atoms with E-state index in [0.717, 1.165) is 53.3 Å². The highest BCUT2D eigenvalue weighted by Crippen LogP contribution is 3.06. The van der Waals surface area contributed by atoms with Crippen molar-refractivity contribution in [2.75, 3.05) is 7.11 Å². The van der Waals surface area contributed by atoms with Crippen LogP contribution in [0.3, 0.4) is 0 Å². The minimum absolute atomic E-state index is 0.123. The van der Waals surface area contributed by atoms with Crippen molar-refractivity contribution in [1.29, 1.82) is 0 Å². The molecule has 6 heteroatoms. The summed E-state index contributed by atoms with van der Waals surface area (Å²) >= 11 is 0. The van der Waals surface area contributed by atoms with Crippen LogP contribution in [0.25, 0.3) is 11.0 Å². The Morgan fingerprint density at radius 3 is 2.56 bits per heavy atom. The van der Waals surface area contributed by atoms with Gasteiger partial charge in [-0.25, -0.2) is 0 Å². The highest BCUT2D eigenvalue weighted by molar-refractivity contribution is 5.95. The molecule has 2 bridgehead atoms. The van der Waals surface area contributed by atoms with Crippen LogP contribution < -0.4 is 4.74 Å². The second kappa shape index (κ2) is 6.54. The number of benzene rings is 1. The van der Waals surface area contributed by atoms with Gasteiger partial charge in [0.1, 0.15) is 23.3 Å². The summed E-state index contributed by atoms with van der Waals surface area (Å²) in [5.41, 5.74) is 1.30. The van der Waals surface area contributed by atoms with Crippen LogP contribution in [-0.2, 0) is 11.3 Å². The fraction of sp³-hybridized carbons (Fsp3) is 0.767. The molecule has 0 unspecified atom stereocenters. The Labute approximate surface area is 213 Å². The SMILES string of the molecule is COc1ccc2nn(CC(=O)[C@]34[C@@H]5[C@H]([C@H]6[C@@H]7CC[C@@H]8C[C@](C)(O)CC[C@@H]8[C@H]7CC[C@@]63C)[C@@]54C)nc2c1. The van der Waals surface area contributed by atoms with E-state index in [1.165, 1.54) is 32.1 Å². The van der Waals surface area contributed by atoms with Gasteiger partial charge >= 0.3 is 0 Å². The van der Waals surface area contributed by atoms with E-state index >= 15 is 0 Å². The first kappa shape index (κ1) is 22.1. The lowest BCUT2D eigenvalue weighted by atomic mass is 9.48. The second-order valence-corrected chi connectivity index (χ2v) is 14.2. The van der Waals surface area contributed by atoms with Crippen LogP contribution in [0.15, 0.2) is 18.2 Å². The molecule has 2 aromatic rings. The van der Waals surface area contributed by atoms with Crippen molar-refractivity contribution in [3.8, 4) is 5.75 Å². The van der Waals surface area contributed by atoms with Crippen molar-refractivity contribution in [2.24, 2.45) is 57.7 Å². The quantitative estimate of drug-likeness (QED) is 0.662. The van der Waals surface area contributed by atoms with Crippen molar-refractivity contribution in [1.82, 2.24) is 15.0 Å². The highest BCUT2D eigenvalue weighted by Gasteiger charge is 3.05. The third kappa shape index (κ3) is 2.33. The van der Waals surface area contributed by atoms with Gasteiger partial charge in [-0.2, -0.15) is 15.0 Å². The minimum atomic E-state index is -0.462. The summed E-state index contributed by atoms with van der Waals surface area (Å²) in [5, 5.41) is 20.0. The molecule has 1 heterocycles. The van der Waals surface area contributed by atoms with Crippen molar-refractivity contribution in [3.63, 3.8) is 0 Å². The summed E-state index contributed by atoms with van der Waals surface area (Å²) in [7, 11) is 1.65. The van der Waals surface area contributed by atoms with Crippen LogP contribution in [0.1, 0.15) is 65.7 Å². The van der Waals surface area contributed by atoms with Gasteiger partial charge in [-0.1, -0.05) is 13.8 Å². The van der Waals surface area contributed by atoms with Gasteiger partial charge in [-0.15, -0.1) is 0 Å². The van der Waals surface area contributed by atoms with E-state index in [1.807, 2.05) is 25.1 Å². The summed E-state index contributed by atoms with van der Waals surface area (Å²) in [6.07, 6.45) is 8.19. The number of hydrogen-bond acceptors (Lipinski definition) is 5. The largest absolute Gasteiger partial charge is 0.497 e. The first-order valence-electron chi connectivity index (χ1n) is 14.3. The minimum Gasteiger partial charge on any atom is -0.497 e. The molecule has 0 amide bonds. The molecule has 36 heavy (non-hydrogen) atoms. The van der Waals surface area contributed by atoms with Gasteiger partial charge < -0.3 is 9.84 Å². The van der Waals surface area contributed by atoms with Gasteiger partial charge in [-0.05, 0) is 116 Å². The third-order valence-electron chi connectivity index (χ3n) is 13.0. The number of carbonyl (C=O) groups is 1. The van der Waals surface area contributed by atoms with Crippen molar-refractivity contribution < 1.29 is 14.6 Å². The molecule has 11 atom stereocenters. The third-order valence-corrected chi connectivity index (χ3v) is 13.0. The number of ether oxygens (including phenoxy) is 1. The number of nitrogens with zero attached hydrogens (tertiary/aromatic N) is 3. The molecule has 0 aliphatic heterocycles. The van der Waals surface area contributed by atoms with Crippen LogP contribution >= 0.6 is 0 Å². The smallest absolute Gasteiger partial charge is 0.163 e. The Balaban J connectivity index is 1.07.